The maximum absolute atomic E-state index is 12.2. The zero-order valence-corrected chi connectivity index (χ0v) is 20.5. The van der Waals surface area contributed by atoms with E-state index in [9.17, 15) is 4.79 Å². The Morgan fingerprint density at radius 1 is 1.25 bits per heavy atom. The van der Waals surface area contributed by atoms with Crippen LogP contribution in [0.5, 0.6) is 0 Å². The Labute approximate surface area is 191 Å². The molecule has 0 bridgehead atoms. The minimum atomic E-state index is -0.0530. The molecule has 2 aromatic rings. The number of carbonyl (C=O) groups excluding carboxylic acids is 1. The summed E-state index contributed by atoms with van der Waals surface area (Å²) in [5, 5.41) is 9.22. The zero-order chi connectivity index (χ0) is 19.8. The Kier molecular flexibility index (Phi) is 10.5. The molecule has 0 aliphatic rings. The highest BCUT2D eigenvalue weighted by atomic mass is 127. The smallest absolute Gasteiger partial charge is 0.226 e. The lowest BCUT2D eigenvalue weighted by molar-refractivity contribution is -0.116. The SMILES string of the molecule is CCNC(=NCc1nc(C)c(C)o1)NCCC(=O)Nc1ccc(Br)cc1C.I. The van der Waals surface area contributed by atoms with E-state index in [1.54, 1.807) is 0 Å². The standard InChI is InChI=1S/C19H26BrN5O2.HI/c1-5-21-19(23-11-18-24-13(3)14(4)27-18)22-9-8-17(26)25-16-7-6-15(20)10-12(16)2;/h6-7,10H,5,8-9,11H2,1-4H3,(H,25,26)(H2,21,22,23);1H. The number of aromatic nitrogens is 1. The van der Waals surface area contributed by atoms with Crippen LogP contribution in [0.2, 0.25) is 0 Å². The molecule has 3 N–H and O–H groups in total. The molecule has 0 fully saturated rings. The average Bonchev–Trinajstić information content (AvgIpc) is 2.93. The van der Waals surface area contributed by atoms with Gasteiger partial charge in [0, 0.05) is 29.7 Å². The van der Waals surface area contributed by atoms with Gasteiger partial charge in [-0.25, -0.2) is 9.98 Å². The number of amides is 1. The molecule has 7 nitrogen and oxygen atoms in total. The van der Waals surface area contributed by atoms with Gasteiger partial charge in [0.2, 0.25) is 11.8 Å². The van der Waals surface area contributed by atoms with E-state index in [1.807, 2.05) is 45.9 Å². The Morgan fingerprint density at radius 3 is 2.61 bits per heavy atom. The van der Waals surface area contributed by atoms with Crippen LogP contribution in [0.4, 0.5) is 5.69 Å². The van der Waals surface area contributed by atoms with Crippen LogP contribution in [0.3, 0.4) is 0 Å². The molecule has 0 unspecified atom stereocenters. The molecular formula is C19H27BrIN5O2. The van der Waals surface area contributed by atoms with Gasteiger partial charge in [0.15, 0.2) is 5.96 Å². The first-order valence-electron chi connectivity index (χ1n) is 8.90. The highest BCUT2D eigenvalue weighted by Crippen LogP contribution is 2.20. The highest BCUT2D eigenvalue weighted by Gasteiger charge is 2.07. The lowest BCUT2D eigenvalue weighted by atomic mass is 10.2. The van der Waals surface area contributed by atoms with Crippen molar-refractivity contribution in [2.24, 2.45) is 4.99 Å². The van der Waals surface area contributed by atoms with Crippen LogP contribution in [0, 0.1) is 20.8 Å². The zero-order valence-electron chi connectivity index (χ0n) is 16.6. The van der Waals surface area contributed by atoms with Gasteiger partial charge >= 0.3 is 0 Å². The molecule has 0 aliphatic carbocycles. The molecule has 0 radical (unpaired) electrons. The molecule has 9 heteroatoms. The number of nitrogens with zero attached hydrogens (tertiary/aromatic N) is 2. The number of aryl methyl sites for hydroxylation is 3. The van der Waals surface area contributed by atoms with Crippen molar-refractivity contribution in [2.75, 3.05) is 18.4 Å². The quantitative estimate of drug-likeness (QED) is 0.268. The Morgan fingerprint density at radius 2 is 2.00 bits per heavy atom. The fraction of sp³-hybridized carbons (Fsp3) is 0.421. The van der Waals surface area contributed by atoms with Crippen LogP contribution in [-0.4, -0.2) is 29.9 Å². The molecule has 2 rings (SSSR count). The van der Waals surface area contributed by atoms with Gasteiger partial charge in [0.1, 0.15) is 12.3 Å². The summed E-state index contributed by atoms with van der Waals surface area (Å²) in [5.74, 6) is 1.95. The van der Waals surface area contributed by atoms with Gasteiger partial charge in [-0.05, 0) is 51.5 Å². The number of hydrogen-bond acceptors (Lipinski definition) is 4. The maximum atomic E-state index is 12.2. The number of carbonyl (C=O) groups is 1. The van der Waals surface area contributed by atoms with Crippen LogP contribution < -0.4 is 16.0 Å². The van der Waals surface area contributed by atoms with Crippen LogP contribution in [0.1, 0.15) is 36.3 Å². The third kappa shape index (κ3) is 7.78. The Hall–Kier alpha value is -1.62. The molecule has 1 heterocycles. The summed E-state index contributed by atoms with van der Waals surface area (Å²) < 4.78 is 6.52. The molecule has 0 aliphatic heterocycles. The molecule has 0 atom stereocenters. The first kappa shape index (κ1) is 24.4. The largest absolute Gasteiger partial charge is 0.444 e. The predicted octanol–water partition coefficient (Wildman–Crippen LogP) is 4.06. The van der Waals surface area contributed by atoms with Crippen molar-refractivity contribution in [2.45, 2.75) is 40.7 Å². The van der Waals surface area contributed by atoms with Crippen molar-refractivity contribution in [1.29, 1.82) is 0 Å². The number of guanidine groups is 1. The van der Waals surface area contributed by atoms with Gasteiger partial charge < -0.3 is 20.4 Å². The van der Waals surface area contributed by atoms with Crippen molar-refractivity contribution in [3.05, 3.63) is 45.6 Å². The predicted molar refractivity (Wildman–Crippen MR) is 126 cm³/mol. The number of benzene rings is 1. The van der Waals surface area contributed by atoms with E-state index in [0.29, 0.717) is 31.4 Å². The normalized spacial score (nSPS) is 11.0. The summed E-state index contributed by atoms with van der Waals surface area (Å²) in [6, 6.07) is 5.76. The summed E-state index contributed by atoms with van der Waals surface area (Å²) >= 11 is 3.42. The number of anilines is 1. The van der Waals surface area contributed by atoms with E-state index in [-0.39, 0.29) is 29.9 Å². The highest BCUT2D eigenvalue weighted by molar-refractivity contribution is 14.0. The van der Waals surface area contributed by atoms with Gasteiger partial charge in [-0.1, -0.05) is 15.9 Å². The third-order valence-electron chi connectivity index (χ3n) is 3.90. The Bertz CT molecular complexity index is 803. The second kappa shape index (κ2) is 12.1. The molecule has 0 spiro atoms. The van der Waals surface area contributed by atoms with Crippen molar-refractivity contribution in [3.63, 3.8) is 0 Å². The minimum absolute atomic E-state index is 0. The molecule has 28 heavy (non-hydrogen) atoms. The van der Waals surface area contributed by atoms with E-state index < -0.39 is 0 Å². The van der Waals surface area contributed by atoms with Gasteiger partial charge in [-0.2, -0.15) is 0 Å². The summed E-state index contributed by atoms with van der Waals surface area (Å²) in [5.41, 5.74) is 2.70. The second-order valence-electron chi connectivity index (χ2n) is 6.13. The summed E-state index contributed by atoms with van der Waals surface area (Å²) in [6.45, 7) is 9.26. The number of oxazole rings is 1. The Balaban J connectivity index is 0.00000392. The van der Waals surface area contributed by atoms with Gasteiger partial charge in [0.05, 0.1) is 5.69 Å². The molecule has 0 saturated heterocycles. The molecule has 0 saturated carbocycles. The number of aliphatic imine (C=N–C) groups is 1. The first-order valence-corrected chi connectivity index (χ1v) is 9.69. The fourth-order valence-corrected chi connectivity index (χ4v) is 2.85. The summed E-state index contributed by atoms with van der Waals surface area (Å²) in [7, 11) is 0. The van der Waals surface area contributed by atoms with E-state index in [4.69, 9.17) is 4.42 Å². The molecular weight excluding hydrogens is 537 g/mol. The number of rotatable bonds is 7. The van der Waals surface area contributed by atoms with Crippen LogP contribution in [0.25, 0.3) is 0 Å². The number of hydrogen-bond donors (Lipinski definition) is 3. The van der Waals surface area contributed by atoms with Crippen molar-refractivity contribution in [1.82, 2.24) is 15.6 Å². The fourth-order valence-electron chi connectivity index (χ4n) is 2.37. The van der Waals surface area contributed by atoms with E-state index in [2.05, 4.69) is 41.9 Å². The maximum Gasteiger partial charge on any atom is 0.226 e. The van der Waals surface area contributed by atoms with Crippen LogP contribution in [-0.2, 0) is 11.3 Å². The minimum Gasteiger partial charge on any atom is -0.444 e. The first-order chi connectivity index (χ1) is 12.9. The monoisotopic (exact) mass is 563 g/mol. The molecule has 1 aromatic heterocycles. The van der Waals surface area contributed by atoms with E-state index in [0.717, 1.165) is 33.7 Å². The van der Waals surface area contributed by atoms with Gasteiger partial charge in [-0.3, -0.25) is 4.79 Å². The molecule has 154 valence electrons. The lowest BCUT2D eigenvalue weighted by Crippen LogP contribution is -2.38. The number of halogens is 2. The topological polar surface area (TPSA) is 91.6 Å². The lowest BCUT2D eigenvalue weighted by Gasteiger charge is -2.12. The average molecular weight is 564 g/mol. The van der Waals surface area contributed by atoms with Gasteiger partial charge in [-0.15, -0.1) is 24.0 Å². The van der Waals surface area contributed by atoms with Crippen molar-refractivity contribution in [3.8, 4) is 0 Å². The van der Waals surface area contributed by atoms with E-state index >= 15 is 0 Å². The van der Waals surface area contributed by atoms with Gasteiger partial charge in [0.25, 0.3) is 0 Å². The van der Waals surface area contributed by atoms with Crippen molar-refractivity contribution < 1.29 is 9.21 Å². The summed E-state index contributed by atoms with van der Waals surface area (Å²) in [6.07, 6.45) is 0.330. The molecule has 1 aromatic carbocycles. The number of nitrogens with one attached hydrogen (secondary N) is 3. The second-order valence-corrected chi connectivity index (χ2v) is 7.04. The third-order valence-corrected chi connectivity index (χ3v) is 4.39. The van der Waals surface area contributed by atoms with Crippen LogP contribution >= 0.6 is 39.9 Å². The van der Waals surface area contributed by atoms with Crippen molar-refractivity contribution >= 4 is 57.5 Å². The van der Waals surface area contributed by atoms with E-state index in [1.165, 1.54) is 0 Å². The summed E-state index contributed by atoms with van der Waals surface area (Å²) in [4.78, 5) is 20.9. The molecule has 1 amide bonds. The van der Waals surface area contributed by atoms with Crippen LogP contribution in [0.15, 0.2) is 32.1 Å².